The summed E-state index contributed by atoms with van der Waals surface area (Å²) >= 11 is 0. The van der Waals surface area contributed by atoms with Crippen molar-refractivity contribution in [1.29, 1.82) is 0 Å². The van der Waals surface area contributed by atoms with E-state index < -0.39 is 41.4 Å². The van der Waals surface area contributed by atoms with Crippen LogP contribution in [0.2, 0.25) is 0 Å². The summed E-state index contributed by atoms with van der Waals surface area (Å²) in [5.74, 6) is -2.04. The van der Waals surface area contributed by atoms with Gasteiger partial charge in [0.05, 0.1) is 11.3 Å². The van der Waals surface area contributed by atoms with E-state index in [1.165, 1.54) is 0 Å². The maximum absolute atomic E-state index is 12.3. The standard InChI is InChI=1S/C10H8F6N2O2/c11-9(12,13)8(10(14,15)16)20-5-3-1-2-4(6(5)17)7(18)19/h1-3,8H,17H2,(H2,18,19). The SMILES string of the molecule is NC(=O)c1cccc(OC(C(F)(F)F)C(F)(F)F)c1N. The molecule has 0 atom stereocenters. The van der Waals surface area contributed by atoms with E-state index in [4.69, 9.17) is 11.5 Å². The number of carbonyl (C=O) groups is 1. The van der Waals surface area contributed by atoms with Gasteiger partial charge in [0.25, 0.3) is 12.0 Å². The van der Waals surface area contributed by atoms with Gasteiger partial charge in [0.2, 0.25) is 0 Å². The number of carbonyl (C=O) groups excluding carboxylic acids is 1. The van der Waals surface area contributed by atoms with Crippen molar-refractivity contribution in [2.24, 2.45) is 5.73 Å². The van der Waals surface area contributed by atoms with E-state index in [0.717, 1.165) is 18.2 Å². The molecule has 0 aliphatic heterocycles. The zero-order chi connectivity index (χ0) is 15.7. The average molecular weight is 302 g/mol. The van der Waals surface area contributed by atoms with E-state index in [1.54, 1.807) is 0 Å². The Hall–Kier alpha value is -2.13. The highest BCUT2D eigenvalue weighted by atomic mass is 19.4. The van der Waals surface area contributed by atoms with E-state index in [-0.39, 0.29) is 0 Å². The fraction of sp³-hybridized carbons (Fsp3) is 0.300. The molecule has 0 spiro atoms. The predicted molar refractivity (Wildman–Crippen MR) is 55.9 cm³/mol. The van der Waals surface area contributed by atoms with E-state index >= 15 is 0 Å². The van der Waals surface area contributed by atoms with Crippen molar-refractivity contribution in [2.75, 3.05) is 5.73 Å². The molecule has 0 aliphatic rings. The zero-order valence-corrected chi connectivity index (χ0v) is 9.55. The van der Waals surface area contributed by atoms with Gasteiger partial charge < -0.3 is 16.2 Å². The van der Waals surface area contributed by atoms with E-state index in [9.17, 15) is 31.1 Å². The third-order valence-corrected chi connectivity index (χ3v) is 2.17. The van der Waals surface area contributed by atoms with Gasteiger partial charge in [-0.25, -0.2) is 0 Å². The maximum atomic E-state index is 12.3. The number of para-hydroxylation sites is 1. The van der Waals surface area contributed by atoms with Gasteiger partial charge in [-0.3, -0.25) is 4.79 Å². The molecule has 20 heavy (non-hydrogen) atoms. The zero-order valence-electron chi connectivity index (χ0n) is 9.55. The molecule has 112 valence electrons. The Labute approximate surface area is 108 Å². The second-order valence-corrected chi connectivity index (χ2v) is 3.66. The number of halogens is 6. The first-order valence-corrected chi connectivity index (χ1v) is 4.93. The number of alkyl halides is 6. The molecule has 1 aromatic carbocycles. The summed E-state index contributed by atoms with van der Waals surface area (Å²) in [6.45, 7) is 0. The number of benzene rings is 1. The number of primary amides is 1. The number of hydrogen-bond donors (Lipinski definition) is 2. The molecule has 10 heteroatoms. The van der Waals surface area contributed by atoms with Crippen molar-refractivity contribution in [1.82, 2.24) is 0 Å². The van der Waals surface area contributed by atoms with Crippen LogP contribution in [-0.2, 0) is 0 Å². The molecular weight excluding hydrogens is 294 g/mol. The summed E-state index contributed by atoms with van der Waals surface area (Å²) in [5.41, 5.74) is 8.99. The molecule has 0 aromatic heterocycles. The molecule has 0 saturated heterocycles. The number of rotatable bonds is 3. The lowest BCUT2D eigenvalue weighted by Crippen LogP contribution is -2.46. The van der Waals surface area contributed by atoms with Crippen LogP contribution >= 0.6 is 0 Å². The lowest BCUT2D eigenvalue weighted by Gasteiger charge is -2.24. The van der Waals surface area contributed by atoms with Gasteiger partial charge in [-0.05, 0) is 12.1 Å². The normalized spacial score (nSPS) is 12.6. The number of anilines is 1. The summed E-state index contributed by atoms with van der Waals surface area (Å²) in [5, 5.41) is 0. The largest absolute Gasteiger partial charge is 0.469 e. The minimum Gasteiger partial charge on any atom is -0.469 e. The number of nitrogens with two attached hydrogens (primary N) is 2. The molecule has 0 saturated carbocycles. The fourth-order valence-electron chi connectivity index (χ4n) is 1.31. The van der Waals surface area contributed by atoms with Crippen molar-refractivity contribution in [3.63, 3.8) is 0 Å². The molecule has 0 unspecified atom stereocenters. The summed E-state index contributed by atoms with van der Waals surface area (Å²) in [6.07, 6.45) is -15.4. The monoisotopic (exact) mass is 302 g/mol. The highest BCUT2D eigenvalue weighted by Crippen LogP contribution is 2.38. The number of amides is 1. The van der Waals surface area contributed by atoms with Crippen LogP contribution in [0.1, 0.15) is 10.4 Å². The quantitative estimate of drug-likeness (QED) is 0.664. The van der Waals surface area contributed by atoms with Crippen molar-refractivity contribution in [3.8, 4) is 5.75 Å². The topological polar surface area (TPSA) is 78.3 Å². The second kappa shape index (κ2) is 5.10. The Morgan fingerprint density at radius 1 is 1.10 bits per heavy atom. The summed E-state index contributed by atoms with van der Waals surface area (Å²) < 4.78 is 77.8. The lowest BCUT2D eigenvalue weighted by atomic mass is 10.1. The molecule has 1 aromatic rings. The number of hydrogen-bond acceptors (Lipinski definition) is 3. The molecule has 0 radical (unpaired) electrons. The van der Waals surface area contributed by atoms with Crippen LogP contribution in [0.15, 0.2) is 18.2 Å². The molecule has 0 fully saturated rings. The van der Waals surface area contributed by atoms with Crippen LogP contribution in [0, 0.1) is 0 Å². The molecule has 4 N–H and O–H groups in total. The third kappa shape index (κ3) is 3.45. The van der Waals surface area contributed by atoms with Gasteiger partial charge in [-0.2, -0.15) is 26.3 Å². The van der Waals surface area contributed by atoms with Crippen LogP contribution in [0.5, 0.6) is 5.75 Å². The molecule has 0 aliphatic carbocycles. The molecule has 0 heterocycles. The van der Waals surface area contributed by atoms with Crippen LogP contribution in [0.25, 0.3) is 0 Å². The minimum absolute atomic E-state index is 0.439. The molecule has 0 bridgehead atoms. The Balaban J connectivity index is 3.20. The van der Waals surface area contributed by atoms with Crippen molar-refractivity contribution < 1.29 is 35.9 Å². The smallest absolute Gasteiger partial charge is 0.434 e. The summed E-state index contributed by atoms with van der Waals surface area (Å²) in [4.78, 5) is 10.9. The van der Waals surface area contributed by atoms with Crippen LogP contribution in [-0.4, -0.2) is 24.4 Å². The Kier molecular flexibility index (Phi) is 4.06. The van der Waals surface area contributed by atoms with Gasteiger partial charge in [0.1, 0.15) is 5.75 Å². The first-order chi connectivity index (χ1) is 8.94. The van der Waals surface area contributed by atoms with Crippen LogP contribution in [0.3, 0.4) is 0 Å². The molecular formula is C10H8F6N2O2. The summed E-state index contributed by atoms with van der Waals surface area (Å²) in [6, 6.07) is 2.81. The predicted octanol–water partition coefficient (Wildman–Crippen LogP) is 2.24. The fourth-order valence-corrected chi connectivity index (χ4v) is 1.31. The number of nitrogen functional groups attached to an aromatic ring is 1. The first kappa shape index (κ1) is 15.9. The van der Waals surface area contributed by atoms with Gasteiger partial charge >= 0.3 is 12.4 Å². The molecule has 1 rings (SSSR count). The Morgan fingerprint density at radius 2 is 1.60 bits per heavy atom. The second-order valence-electron chi connectivity index (χ2n) is 3.66. The van der Waals surface area contributed by atoms with Crippen molar-refractivity contribution in [3.05, 3.63) is 23.8 Å². The van der Waals surface area contributed by atoms with E-state index in [0.29, 0.717) is 0 Å². The first-order valence-electron chi connectivity index (χ1n) is 4.93. The van der Waals surface area contributed by atoms with Gasteiger partial charge in [-0.1, -0.05) is 6.07 Å². The lowest BCUT2D eigenvalue weighted by molar-refractivity contribution is -0.299. The summed E-state index contributed by atoms with van der Waals surface area (Å²) in [7, 11) is 0. The minimum atomic E-state index is -5.69. The Bertz CT molecular complexity index is 497. The average Bonchev–Trinajstić information content (AvgIpc) is 2.23. The van der Waals surface area contributed by atoms with E-state index in [1.807, 2.05) is 0 Å². The Morgan fingerprint density at radius 3 is 2.00 bits per heavy atom. The van der Waals surface area contributed by atoms with Crippen molar-refractivity contribution in [2.45, 2.75) is 18.5 Å². The van der Waals surface area contributed by atoms with Gasteiger partial charge in [0.15, 0.2) is 0 Å². The van der Waals surface area contributed by atoms with Gasteiger partial charge in [-0.15, -0.1) is 0 Å². The third-order valence-electron chi connectivity index (χ3n) is 2.17. The maximum Gasteiger partial charge on any atom is 0.434 e. The van der Waals surface area contributed by atoms with Gasteiger partial charge in [0, 0.05) is 0 Å². The highest BCUT2D eigenvalue weighted by molar-refractivity contribution is 5.99. The van der Waals surface area contributed by atoms with Crippen LogP contribution in [0.4, 0.5) is 32.0 Å². The highest BCUT2D eigenvalue weighted by Gasteiger charge is 2.59. The van der Waals surface area contributed by atoms with E-state index in [2.05, 4.69) is 4.74 Å². The molecule has 4 nitrogen and oxygen atoms in total. The van der Waals surface area contributed by atoms with Crippen LogP contribution < -0.4 is 16.2 Å². The van der Waals surface area contributed by atoms with Crippen molar-refractivity contribution >= 4 is 11.6 Å². The number of ether oxygens (including phenoxy) is 1. The molecule has 1 amide bonds.